The van der Waals surface area contributed by atoms with E-state index in [4.69, 9.17) is 0 Å². The van der Waals surface area contributed by atoms with Crippen LogP contribution in [0.2, 0.25) is 0 Å². The normalized spacial score (nSPS) is 17.1. The number of hydrogen-bond acceptors (Lipinski definition) is 3. The summed E-state index contributed by atoms with van der Waals surface area (Å²) in [6.45, 7) is 2.07. The first-order valence-corrected chi connectivity index (χ1v) is 14.3. The molecule has 6 heteroatoms. The third kappa shape index (κ3) is 6.08. The third-order valence-corrected chi connectivity index (χ3v) is 8.60. The van der Waals surface area contributed by atoms with Crippen LogP contribution < -0.4 is 4.90 Å². The highest BCUT2D eigenvalue weighted by atomic mass is 32.2. The average molecular weight is 535 g/mol. The van der Waals surface area contributed by atoms with Crippen LogP contribution in [0.5, 0.6) is 0 Å². The van der Waals surface area contributed by atoms with Crippen molar-refractivity contribution in [3.63, 3.8) is 0 Å². The second-order valence-electron chi connectivity index (χ2n) is 9.55. The highest BCUT2D eigenvalue weighted by Gasteiger charge is 2.37. The Kier molecular flexibility index (Phi) is 7.87. The summed E-state index contributed by atoms with van der Waals surface area (Å²) in [7, 11) is -3.79. The first-order valence-electron chi connectivity index (χ1n) is 12.9. The number of rotatable bonds is 7. The van der Waals surface area contributed by atoms with Crippen LogP contribution in [0.4, 0.5) is 11.4 Å². The van der Waals surface area contributed by atoms with Gasteiger partial charge in [0.2, 0.25) is 10.0 Å². The molecule has 1 amide bonds. The summed E-state index contributed by atoms with van der Waals surface area (Å²) in [6.07, 6.45) is 5.87. The zero-order valence-corrected chi connectivity index (χ0v) is 22.5. The fourth-order valence-corrected chi connectivity index (χ4v) is 6.30. The molecule has 1 fully saturated rings. The number of carbonyl (C=O) groups is 1. The van der Waals surface area contributed by atoms with E-state index >= 15 is 0 Å². The average Bonchev–Trinajstić information content (AvgIpc) is 3.37. The summed E-state index contributed by atoms with van der Waals surface area (Å²) in [5.41, 5.74) is 4.22. The second kappa shape index (κ2) is 11.6. The number of para-hydroxylation sites is 2. The molecule has 5 rings (SSSR count). The van der Waals surface area contributed by atoms with Crippen LogP contribution >= 0.6 is 0 Å². The number of benzene rings is 4. The number of sulfonamides is 1. The van der Waals surface area contributed by atoms with Crippen LogP contribution in [0.15, 0.2) is 138 Å². The minimum Gasteiger partial charge on any atom is -0.278 e. The van der Waals surface area contributed by atoms with Crippen LogP contribution in [0, 0.1) is 6.92 Å². The van der Waals surface area contributed by atoms with Gasteiger partial charge in [-0.15, -0.1) is 0 Å². The van der Waals surface area contributed by atoms with Gasteiger partial charge in [-0.25, -0.2) is 8.42 Å². The molecule has 0 radical (unpaired) electrons. The monoisotopic (exact) mass is 534 g/mol. The number of carbonyl (C=O) groups excluding carboxylic acids is 1. The van der Waals surface area contributed by atoms with Crippen LogP contribution in [-0.2, 0) is 14.8 Å². The molecule has 0 spiro atoms. The molecular weight excluding hydrogens is 504 g/mol. The molecule has 0 saturated carbocycles. The van der Waals surface area contributed by atoms with E-state index in [9.17, 15) is 13.2 Å². The van der Waals surface area contributed by atoms with Crippen LogP contribution in [0.1, 0.15) is 17.5 Å². The van der Waals surface area contributed by atoms with Crippen molar-refractivity contribution in [2.24, 2.45) is 0 Å². The smallest absolute Gasteiger partial charge is 0.255 e. The minimum atomic E-state index is -3.79. The van der Waals surface area contributed by atoms with Crippen molar-refractivity contribution in [3.8, 4) is 0 Å². The summed E-state index contributed by atoms with van der Waals surface area (Å²) < 4.78 is 29.0. The van der Waals surface area contributed by atoms with E-state index in [0.717, 1.165) is 28.1 Å². The first kappa shape index (κ1) is 26.4. The van der Waals surface area contributed by atoms with Crippen LogP contribution in [0.3, 0.4) is 0 Å². The van der Waals surface area contributed by atoms with Gasteiger partial charge in [-0.05, 0) is 60.9 Å². The Bertz CT molecular complexity index is 1540. The van der Waals surface area contributed by atoms with Gasteiger partial charge in [-0.3, -0.25) is 9.69 Å². The quantitative estimate of drug-likeness (QED) is 0.246. The number of anilines is 2. The molecule has 1 unspecified atom stereocenters. The SMILES string of the molecule is Cc1ccc(S(=O)(=O)N2C/C(=C/C(=O)N(c3ccccc3)c3ccccc3)CC2/C=C/c2ccccc2)cc1. The molecule has 1 atom stereocenters. The standard InChI is InChI=1S/C33H30N2O3S/c1-26-17-21-32(22-18-26)39(37,38)34-25-28(23-31(34)20-19-27-11-5-2-6-12-27)24-33(36)35(29-13-7-3-8-14-29)30-15-9-4-10-16-30/h2-22,24,31H,23,25H2,1H3/b20-19+,28-24+. The third-order valence-electron chi connectivity index (χ3n) is 6.71. The van der Waals surface area contributed by atoms with Gasteiger partial charge in [0.1, 0.15) is 0 Å². The Morgan fingerprint density at radius 2 is 1.33 bits per heavy atom. The lowest BCUT2D eigenvalue weighted by atomic mass is 10.1. The van der Waals surface area contributed by atoms with Crippen LogP contribution in [0.25, 0.3) is 6.08 Å². The summed E-state index contributed by atoms with van der Waals surface area (Å²) in [5, 5.41) is 0. The number of hydrogen-bond donors (Lipinski definition) is 0. The molecule has 1 aliphatic rings. The maximum atomic E-state index is 13.7. The molecule has 0 aliphatic carbocycles. The van der Waals surface area contributed by atoms with Crippen molar-refractivity contribution in [2.75, 3.05) is 11.4 Å². The largest absolute Gasteiger partial charge is 0.278 e. The zero-order valence-electron chi connectivity index (χ0n) is 21.7. The molecule has 1 aliphatic heterocycles. The van der Waals surface area contributed by atoms with Crippen molar-refractivity contribution < 1.29 is 13.2 Å². The van der Waals surface area contributed by atoms with E-state index < -0.39 is 16.1 Å². The lowest BCUT2D eigenvalue weighted by molar-refractivity contribution is -0.113. The Hall–Kier alpha value is -4.26. The lowest BCUT2D eigenvalue weighted by Crippen LogP contribution is -2.34. The number of aryl methyl sites for hydroxylation is 1. The van der Waals surface area contributed by atoms with Crippen molar-refractivity contribution in [1.29, 1.82) is 0 Å². The van der Waals surface area contributed by atoms with Crippen molar-refractivity contribution in [2.45, 2.75) is 24.3 Å². The van der Waals surface area contributed by atoms with Gasteiger partial charge in [-0.1, -0.05) is 96.6 Å². The van der Waals surface area contributed by atoms with E-state index in [1.165, 1.54) is 4.31 Å². The fraction of sp³-hybridized carbons (Fsp3) is 0.121. The molecule has 5 nitrogen and oxygen atoms in total. The van der Waals surface area contributed by atoms with E-state index in [1.807, 2.05) is 110 Å². The number of nitrogens with zero attached hydrogens (tertiary/aromatic N) is 2. The summed E-state index contributed by atoms with van der Waals surface area (Å²) in [6, 6.07) is 35.2. The minimum absolute atomic E-state index is 0.142. The van der Waals surface area contributed by atoms with E-state index in [-0.39, 0.29) is 17.3 Å². The maximum Gasteiger partial charge on any atom is 0.255 e. The van der Waals surface area contributed by atoms with E-state index in [2.05, 4.69) is 0 Å². The molecule has 1 heterocycles. The fourth-order valence-electron chi connectivity index (χ4n) is 4.71. The highest BCUT2D eigenvalue weighted by Crippen LogP contribution is 2.32. The predicted octanol–water partition coefficient (Wildman–Crippen LogP) is 6.76. The van der Waals surface area contributed by atoms with Crippen molar-refractivity contribution in [3.05, 3.63) is 144 Å². The van der Waals surface area contributed by atoms with E-state index in [1.54, 1.807) is 35.2 Å². The molecule has 4 aromatic carbocycles. The van der Waals surface area contributed by atoms with Gasteiger partial charge in [0.05, 0.1) is 4.90 Å². The van der Waals surface area contributed by atoms with Gasteiger partial charge in [-0.2, -0.15) is 4.31 Å². The maximum absolute atomic E-state index is 13.7. The van der Waals surface area contributed by atoms with Gasteiger partial charge < -0.3 is 0 Å². The summed E-state index contributed by atoms with van der Waals surface area (Å²) >= 11 is 0. The summed E-state index contributed by atoms with van der Waals surface area (Å²) in [5.74, 6) is -0.220. The van der Waals surface area contributed by atoms with Gasteiger partial charge in [0, 0.05) is 30.0 Å². The van der Waals surface area contributed by atoms with Crippen molar-refractivity contribution in [1.82, 2.24) is 4.31 Å². The molecular formula is C33H30N2O3S. The topological polar surface area (TPSA) is 57.7 Å². The van der Waals surface area contributed by atoms with Gasteiger partial charge in [0.25, 0.3) is 5.91 Å². The highest BCUT2D eigenvalue weighted by molar-refractivity contribution is 7.89. The summed E-state index contributed by atoms with van der Waals surface area (Å²) in [4.78, 5) is 15.6. The molecule has 1 saturated heterocycles. The van der Waals surface area contributed by atoms with E-state index in [0.29, 0.717) is 6.42 Å². The molecule has 0 N–H and O–H groups in total. The Labute approximate surface area is 230 Å². The van der Waals surface area contributed by atoms with Crippen molar-refractivity contribution >= 4 is 33.4 Å². The zero-order chi connectivity index (χ0) is 27.2. The van der Waals surface area contributed by atoms with Gasteiger partial charge in [0.15, 0.2) is 0 Å². The molecule has 0 aromatic heterocycles. The Balaban J connectivity index is 1.49. The first-order chi connectivity index (χ1) is 18.9. The Morgan fingerprint density at radius 3 is 1.90 bits per heavy atom. The second-order valence-corrected chi connectivity index (χ2v) is 11.4. The molecule has 0 bridgehead atoms. The predicted molar refractivity (Wildman–Crippen MR) is 157 cm³/mol. The molecule has 4 aromatic rings. The van der Waals surface area contributed by atoms with Crippen LogP contribution in [-0.4, -0.2) is 31.2 Å². The lowest BCUT2D eigenvalue weighted by Gasteiger charge is -2.22. The Morgan fingerprint density at radius 1 is 0.795 bits per heavy atom. The molecule has 39 heavy (non-hydrogen) atoms. The molecule has 196 valence electrons. The van der Waals surface area contributed by atoms with Gasteiger partial charge >= 0.3 is 0 Å². The number of amides is 1.